The average Bonchev–Trinajstić information content (AvgIpc) is 1.94. The predicted molar refractivity (Wildman–Crippen MR) is 26.1 cm³/mol. The van der Waals surface area contributed by atoms with Gasteiger partial charge in [-0.15, -0.1) is 0 Å². The first-order valence-electron chi connectivity index (χ1n) is 2.19. The fourth-order valence-electron chi connectivity index (χ4n) is 0.508. The van der Waals surface area contributed by atoms with E-state index in [2.05, 4.69) is 13.8 Å². The highest BCUT2D eigenvalue weighted by atomic mass is 14.7. The molecule has 0 aromatic carbocycles. The molecule has 0 fully saturated rings. The molecule has 6 heavy (non-hydrogen) atoms. The van der Waals surface area contributed by atoms with Crippen molar-refractivity contribution in [2.45, 2.75) is 13.8 Å². The molecule has 1 atom stereocenters. The summed E-state index contributed by atoms with van der Waals surface area (Å²) in [5.74, 6) is 0.630. The van der Waals surface area contributed by atoms with Crippen molar-refractivity contribution in [3.63, 3.8) is 0 Å². The molecule has 0 spiro atoms. The van der Waals surface area contributed by atoms with E-state index in [1.807, 2.05) is 0 Å². The van der Waals surface area contributed by atoms with E-state index in [4.69, 9.17) is 5.73 Å². The van der Waals surface area contributed by atoms with Gasteiger partial charge in [0.15, 0.2) is 0 Å². The third-order valence-electron chi connectivity index (χ3n) is 1.49. The summed E-state index contributed by atoms with van der Waals surface area (Å²) in [7, 11) is 0. The second-order valence-electron chi connectivity index (χ2n) is 1.86. The molecule has 0 radical (unpaired) electrons. The van der Waals surface area contributed by atoms with Crippen molar-refractivity contribution in [3.8, 4) is 0 Å². The Hall–Kier alpha value is -0.460. The molecule has 1 rings (SSSR count). The van der Waals surface area contributed by atoms with Crippen LogP contribution in [0, 0.1) is 5.92 Å². The lowest BCUT2D eigenvalue weighted by Crippen LogP contribution is -1.83. The molecule has 34 valence electrons. The SMILES string of the molecule is CC1=C(N)[C@H]1C. The Morgan fingerprint density at radius 3 is 1.83 bits per heavy atom. The maximum absolute atomic E-state index is 5.39. The Bertz CT molecular complexity index is 90.5. The summed E-state index contributed by atoms with van der Waals surface area (Å²) >= 11 is 0. The molecule has 1 heteroatoms. The van der Waals surface area contributed by atoms with E-state index in [-0.39, 0.29) is 0 Å². The Morgan fingerprint density at radius 1 is 1.67 bits per heavy atom. The van der Waals surface area contributed by atoms with E-state index < -0.39 is 0 Å². The van der Waals surface area contributed by atoms with Gasteiger partial charge in [-0.2, -0.15) is 0 Å². The summed E-state index contributed by atoms with van der Waals surface area (Å²) in [6.07, 6.45) is 0. The fourth-order valence-corrected chi connectivity index (χ4v) is 0.508. The van der Waals surface area contributed by atoms with E-state index in [9.17, 15) is 0 Å². The molecule has 0 saturated carbocycles. The zero-order valence-electron chi connectivity index (χ0n) is 4.15. The van der Waals surface area contributed by atoms with E-state index in [1.165, 1.54) is 5.57 Å². The second-order valence-corrected chi connectivity index (χ2v) is 1.86. The smallest absolute Gasteiger partial charge is 0.0183 e. The molecule has 0 bridgehead atoms. The Morgan fingerprint density at radius 2 is 1.83 bits per heavy atom. The van der Waals surface area contributed by atoms with E-state index in [0.717, 1.165) is 5.70 Å². The molecule has 1 aliphatic rings. The first kappa shape index (κ1) is 3.72. The molecule has 0 aliphatic heterocycles. The summed E-state index contributed by atoms with van der Waals surface area (Å²) in [5, 5.41) is 0. The van der Waals surface area contributed by atoms with Gasteiger partial charge in [0, 0.05) is 11.6 Å². The van der Waals surface area contributed by atoms with Crippen molar-refractivity contribution >= 4 is 0 Å². The van der Waals surface area contributed by atoms with Gasteiger partial charge in [0.25, 0.3) is 0 Å². The van der Waals surface area contributed by atoms with Crippen molar-refractivity contribution in [2.75, 3.05) is 0 Å². The van der Waals surface area contributed by atoms with Crippen molar-refractivity contribution in [1.29, 1.82) is 0 Å². The molecule has 0 aromatic heterocycles. The van der Waals surface area contributed by atoms with Gasteiger partial charge in [-0.1, -0.05) is 6.92 Å². The number of nitrogens with two attached hydrogens (primary N) is 1. The average molecular weight is 83.1 g/mol. The Labute approximate surface area is 37.8 Å². The third kappa shape index (κ3) is 0.251. The van der Waals surface area contributed by atoms with Crippen molar-refractivity contribution in [1.82, 2.24) is 0 Å². The molecule has 1 nitrogen and oxygen atoms in total. The Kier molecular flexibility index (Phi) is 0.484. The minimum atomic E-state index is 0.630. The van der Waals surface area contributed by atoms with Crippen LogP contribution in [0.4, 0.5) is 0 Å². The van der Waals surface area contributed by atoms with Crippen LogP contribution in [0.5, 0.6) is 0 Å². The normalized spacial score (nSPS) is 31.3. The van der Waals surface area contributed by atoms with Gasteiger partial charge in [-0.25, -0.2) is 0 Å². The maximum atomic E-state index is 5.39. The van der Waals surface area contributed by atoms with Gasteiger partial charge in [0.2, 0.25) is 0 Å². The number of allylic oxidation sites excluding steroid dienone is 2. The lowest BCUT2D eigenvalue weighted by Gasteiger charge is -1.73. The van der Waals surface area contributed by atoms with Crippen molar-refractivity contribution in [3.05, 3.63) is 11.3 Å². The largest absolute Gasteiger partial charge is 0.402 e. The first-order chi connectivity index (χ1) is 2.73. The van der Waals surface area contributed by atoms with Gasteiger partial charge in [0.1, 0.15) is 0 Å². The third-order valence-corrected chi connectivity index (χ3v) is 1.49. The molecule has 1 aliphatic carbocycles. The highest BCUT2D eigenvalue weighted by Gasteiger charge is 2.23. The van der Waals surface area contributed by atoms with Gasteiger partial charge in [-0.05, 0) is 12.5 Å². The molecular formula is C5H9N. The Balaban J connectivity index is 2.54. The van der Waals surface area contributed by atoms with Gasteiger partial charge < -0.3 is 5.73 Å². The summed E-state index contributed by atoms with van der Waals surface area (Å²) in [4.78, 5) is 0. The standard InChI is InChI=1S/C5H9N/c1-3-4(2)5(3)6/h3H,6H2,1-2H3/t3-/m0/s1. The molecular weight excluding hydrogens is 74.1 g/mol. The monoisotopic (exact) mass is 83.1 g/mol. The van der Waals surface area contributed by atoms with E-state index in [0.29, 0.717) is 5.92 Å². The minimum absolute atomic E-state index is 0.630. The predicted octanol–water partition coefficient (Wildman–Crippen LogP) is 0.869. The van der Waals surface area contributed by atoms with Crippen molar-refractivity contribution < 1.29 is 0 Å². The zero-order chi connectivity index (χ0) is 4.73. The zero-order valence-corrected chi connectivity index (χ0v) is 4.15. The van der Waals surface area contributed by atoms with E-state index in [1.54, 1.807) is 0 Å². The summed E-state index contributed by atoms with van der Waals surface area (Å²) in [6, 6.07) is 0. The molecule has 0 saturated heterocycles. The minimum Gasteiger partial charge on any atom is -0.402 e. The van der Waals surface area contributed by atoms with Crippen LogP contribution in [-0.2, 0) is 0 Å². The molecule has 2 N–H and O–H groups in total. The summed E-state index contributed by atoms with van der Waals surface area (Å²) in [6.45, 7) is 4.19. The number of rotatable bonds is 0. The van der Waals surface area contributed by atoms with Crippen LogP contribution in [0.3, 0.4) is 0 Å². The highest BCUT2D eigenvalue weighted by molar-refractivity contribution is 5.34. The quantitative estimate of drug-likeness (QED) is 0.462. The van der Waals surface area contributed by atoms with Gasteiger partial charge in [-0.3, -0.25) is 0 Å². The molecule has 0 aromatic rings. The summed E-state index contributed by atoms with van der Waals surface area (Å²) in [5.41, 5.74) is 7.85. The second kappa shape index (κ2) is 0.780. The molecule has 0 amide bonds. The van der Waals surface area contributed by atoms with Crippen molar-refractivity contribution in [2.24, 2.45) is 11.7 Å². The van der Waals surface area contributed by atoms with Crippen LogP contribution in [0.25, 0.3) is 0 Å². The number of hydrogen-bond donors (Lipinski definition) is 1. The van der Waals surface area contributed by atoms with Crippen LogP contribution >= 0.6 is 0 Å². The molecule has 0 unspecified atom stereocenters. The van der Waals surface area contributed by atoms with Crippen LogP contribution < -0.4 is 5.73 Å². The van der Waals surface area contributed by atoms with Crippen LogP contribution in [0.2, 0.25) is 0 Å². The maximum Gasteiger partial charge on any atom is 0.0183 e. The molecule has 0 heterocycles. The van der Waals surface area contributed by atoms with Gasteiger partial charge >= 0.3 is 0 Å². The van der Waals surface area contributed by atoms with Crippen LogP contribution in [0.1, 0.15) is 13.8 Å². The topological polar surface area (TPSA) is 26.0 Å². The fraction of sp³-hybridized carbons (Fsp3) is 0.600. The van der Waals surface area contributed by atoms with E-state index >= 15 is 0 Å². The first-order valence-corrected chi connectivity index (χ1v) is 2.19. The van der Waals surface area contributed by atoms with Gasteiger partial charge in [0.05, 0.1) is 0 Å². The summed E-state index contributed by atoms with van der Waals surface area (Å²) < 4.78 is 0. The van der Waals surface area contributed by atoms with Crippen LogP contribution in [0.15, 0.2) is 11.3 Å². The lowest BCUT2D eigenvalue weighted by molar-refractivity contribution is 0.982. The lowest BCUT2D eigenvalue weighted by atomic mass is 10.3. The number of hydrogen-bond acceptors (Lipinski definition) is 1. The highest BCUT2D eigenvalue weighted by Crippen LogP contribution is 2.32. The van der Waals surface area contributed by atoms with Crippen LogP contribution in [-0.4, -0.2) is 0 Å².